The van der Waals surface area contributed by atoms with Crippen LogP contribution in [0.25, 0.3) is 0 Å². The zero-order chi connectivity index (χ0) is 19.6. The van der Waals surface area contributed by atoms with Crippen molar-refractivity contribution in [3.63, 3.8) is 0 Å². The average Bonchev–Trinajstić information content (AvgIpc) is 3.43. The van der Waals surface area contributed by atoms with Gasteiger partial charge in [0.25, 0.3) is 5.91 Å². The highest BCUT2D eigenvalue weighted by molar-refractivity contribution is 5.98. The Labute approximate surface area is 154 Å². The van der Waals surface area contributed by atoms with E-state index in [1.54, 1.807) is 0 Å². The molecule has 1 saturated heterocycles. The van der Waals surface area contributed by atoms with Crippen LogP contribution in [0.3, 0.4) is 0 Å². The number of rotatable bonds is 6. The van der Waals surface area contributed by atoms with Crippen molar-refractivity contribution in [2.24, 2.45) is 5.73 Å². The summed E-state index contributed by atoms with van der Waals surface area (Å²) in [5.41, 5.74) is 4.33. The van der Waals surface area contributed by atoms with Gasteiger partial charge in [-0.3, -0.25) is 9.59 Å². The van der Waals surface area contributed by atoms with Gasteiger partial charge in [-0.1, -0.05) is 0 Å². The highest BCUT2D eigenvalue weighted by Gasteiger charge is 2.37. The third-order valence-electron chi connectivity index (χ3n) is 4.41. The Morgan fingerprint density at radius 2 is 2.11 bits per heavy atom. The molecular formula is C17H21F3N4O3. The van der Waals surface area contributed by atoms with Crippen molar-refractivity contribution in [2.45, 2.75) is 31.1 Å². The van der Waals surface area contributed by atoms with Gasteiger partial charge in [-0.05, 0) is 31.0 Å². The lowest BCUT2D eigenvalue weighted by Gasteiger charge is -2.29. The summed E-state index contributed by atoms with van der Waals surface area (Å²) in [4.78, 5) is 25.3. The number of nitrogens with one attached hydrogen (secondary N) is 2. The van der Waals surface area contributed by atoms with Gasteiger partial charge in [-0.2, -0.15) is 13.2 Å². The fourth-order valence-corrected chi connectivity index (χ4v) is 2.86. The van der Waals surface area contributed by atoms with E-state index in [1.807, 2.05) is 0 Å². The highest BCUT2D eigenvalue weighted by atomic mass is 19.4. The third-order valence-corrected chi connectivity index (χ3v) is 4.41. The van der Waals surface area contributed by atoms with E-state index in [9.17, 15) is 22.8 Å². The van der Waals surface area contributed by atoms with Crippen molar-refractivity contribution in [1.82, 2.24) is 5.32 Å². The molecule has 0 aromatic heterocycles. The lowest BCUT2D eigenvalue weighted by Crippen LogP contribution is -2.46. The molecule has 2 aliphatic rings. The van der Waals surface area contributed by atoms with Gasteiger partial charge in [-0.15, -0.1) is 0 Å². The number of nitrogens with two attached hydrogens (primary N) is 1. The lowest BCUT2D eigenvalue weighted by molar-refractivity contribution is -0.137. The van der Waals surface area contributed by atoms with E-state index in [4.69, 9.17) is 10.5 Å². The van der Waals surface area contributed by atoms with E-state index in [0.29, 0.717) is 0 Å². The highest BCUT2D eigenvalue weighted by Crippen LogP contribution is 2.38. The van der Waals surface area contributed by atoms with Crippen molar-refractivity contribution in [2.75, 3.05) is 36.5 Å². The summed E-state index contributed by atoms with van der Waals surface area (Å²) in [6, 6.07) is 2.92. The number of hydrogen-bond donors (Lipinski definition) is 3. The number of benzene rings is 1. The van der Waals surface area contributed by atoms with Crippen LogP contribution in [-0.4, -0.2) is 50.2 Å². The smallest absolute Gasteiger partial charge is 0.370 e. The van der Waals surface area contributed by atoms with Crippen molar-refractivity contribution in [1.29, 1.82) is 0 Å². The quantitative estimate of drug-likeness (QED) is 0.680. The molecular weight excluding hydrogens is 365 g/mol. The minimum atomic E-state index is -4.69. The summed E-state index contributed by atoms with van der Waals surface area (Å²) in [7, 11) is 0. The maximum absolute atomic E-state index is 13.5. The Bertz CT molecular complexity index is 722. The number of morpholine rings is 1. The number of carbonyl (C=O) groups is 2. The summed E-state index contributed by atoms with van der Waals surface area (Å²) in [6.45, 7) is -0.0314. The predicted molar refractivity (Wildman–Crippen MR) is 92.2 cm³/mol. The molecule has 1 atom stereocenters. The molecule has 0 radical (unpaired) electrons. The number of hydrogen-bond acceptors (Lipinski definition) is 5. The van der Waals surface area contributed by atoms with Gasteiger partial charge in [-0.25, -0.2) is 0 Å². The summed E-state index contributed by atoms with van der Waals surface area (Å²) >= 11 is 0. The van der Waals surface area contributed by atoms with Crippen LogP contribution in [-0.2, 0) is 20.5 Å². The number of halogens is 3. The van der Waals surface area contributed by atoms with Gasteiger partial charge in [0.15, 0.2) is 0 Å². The first-order valence-corrected chi connectivity index (χ1v) is 8.66. The maximum Gasteiger partial charge on any atom is 0.418 e. The molecule has 1 heterocycles. The van der Waals surface area contributed by atoms with Crippen molar-refractivity contribution in [3.8, 4) is 0 Å². The largest absolute Gasteiger partial charge is 0.418 e. The Morgan fingerprint density at radius 1 is 1.37 bits per heavy atom. The van der Waals surface area contributed by atoms with Crippen LogP contribution in [0.4, 0.5) is 24.5 Å². The first-order valence-electron chi connectivity index (χ1n) is 8.66. The number of nitrogens with zero attached hydrogens (tertiary/aromatic N) is 1. The minimum absolute atomic E-state index is 0.00664. The SMILES string of the molecule is NC[C@@H](NC1CC1)C(=O)Nc1ccc(N2CCOCC2=O)c(C(F)(F)F)c1. The normalized spacial score (nSPS) is 19.1. The molecule has 3 rings (SSSR count). The second kappa shape index (κ2) is 7.83. The Balaban J connectivity index is 1.82. The van der Waals surface area contributed by atoms with E-state index in [2.05, 4.69) is 10.6 Å². The molecule has 0 bridgehead atoms. The molecule has 7 nitrogen and oxygen atoms in total. The summed E-state index contributed by atoms with van der Waals surface area (Å²) in [6.07, 6.45) is -2.79. The van der Waals surface area contributed by atoms with Crippen LogP contribution in [0, 0.1) is 0 Å². The Morgan fingerprint density at radius 3 is 2.70 bits per heavy atom. The number of carbonyl (C=O) groups excluding carboxylic acids is 2. The molecule has 27 heavy (non-hydrogen) atoms. The fourth-order valence-electron chi connectivity index (χ4n) is 2.86. The van der Waals surface area contributed by atoms with Gasteiger partial charge in [0, 0.05) is 24.8 Å². The van der Waals surface area contributed by atoms with E-state index in [1.165, 1.54) is 12.1 Å². The van der Waals surface area contributed by atoms with E-state index < -0.39 is 29.6 Å². The maximum atomic E-state index is 13.5. The molecule has 2 amide bonds. The summed E-state index contributed by atoms with van der Waals surface area (Å²) in [5, 5.41) is 5.52. The lowest BCUT2D eigenvalue weighted by atomic mass is 10.1. The van der Waals surface area contributed by atoms with Crippen LogP contribution in [0.5, 0.6) is 0 Å². The summed E-state index contributed by atoms with van der Waals surface area (Å²) < 4.78 is 45.6. The zero-order valence-electron chi connectivity index (χ0n) is 14.5. The van der Waals surface area contributed by atoms with Crippen LogP contribution >= 0.6 is 0 Å². The third kappa shape index (κ3) is 4.76. The zero-order valence-corrected chi connectivity index (χ0v) is 14.5. The van der Waals surface area contributed by atoms with Gasteiger partial charge in [0.2, 0.25) is 5.91 Å². The monoisotopic (exact) mass is 386 g/mol. The molecule has 10 heteroatoms. The van der Waals surface area contributed by atoms with Crippen molar-refractivity contribution < 1.29 is 27.5 Å². The molecule has 1 aromatic rings. The van der Waals surface area contributed by atoms with Gasteiger partial charge in [0.1, 0.15) is 6.61 Å². The molecule has 1 aliphatic carbocycles. The van der Waals surface area contributed by atoms with Crippen LogP contribution < -0.4 is 21.3 Å². The Kier molecular flexibility index (Phi) is 5.68. The van der Waals surface area contributed by atoms with Crippen LogP contribution in [0.15, 0.2) is 18.2 Å². The Hall–Kier alpha value is -2.17. The van der Waals surface area contributed by atoms with Gasteiger partial charge in [0.05, 0.1) is 23.9 Å². The van der Waals surface area contributed by atoms with Gasteiger partial charge >= 0.3 is 6.18 Å². The van der Waals surface area contributed by atoms with E-state index in [-0.39, 0.29) is 43.7 Å². The topological polar surface area (TPSA) is 96.7 Å². The molecule has 4 N–H and O–H groups in total. The number of alkyl halides is 3. The second-order valence-corrected chi connectivity index (χ2v) is 6.55. The fraction of sp³-hybridized carbons (Fsp3) is 0.529. The molecule has 1 saturated carbocycles. The molecule has 1 aliphatic heterocycles. The summed E-state index contributed by atoms with van der Waals surface area (Å²) in [5.74, 6) is -1.03. The van der Waals surface area contributed by atoms with Crippen LogP contribution in [0.2, 0.25) is 0 Å². The number of anilines is 2. The van der Waals surface area contributed by atoms with E-state index in [0.717, 1.165) is 23.8 Å². The molecule has 0 spiro atoms. The minimum Gasteiger partial charge on any atom is -0.370 e. The van der Waals surface area contributed by atoms with Crippen molar-refractivity contribution >= 4 is 23.2 Å². The van der Waals surface area contributed by atoms with Crippen LogP contribution in [0.1, 0.15) is 18.4 Å². The molecule has 1 aromatic carbocycles. The first kappa shape index (κ1) is 19.6. The van der Waals surface area contributed by atoms with Gasteiger partial charge < -0.3 is 26.0 Å². The van der Waals surface area contributed by atoms with Crippen molar-refractivity contribution in [3.05, 3.63) is 23.8 Å². The number of ether oxygens (including phenoxy) is 1. The molecule has 2 fully saturated rings. The first-order chi connectivity index (χ1) is 12.8. The average molecular weight is 386 g/mol. The second-order valence-electron chi connectivity index (χ2n) is 6.55. The standard InChI is InChI=1S/C17H21F3N4O3/c18-17(19,20)12-7-11(23-16(26)13(8-21)22-10-1-2-10)3-4-14(12)24-5-6-27-9-15(24)25/h3-4,7,10,13,22H,1-2,5-6,8-9,21H2,(H,23,26)/t13-/m1/s1. The van der Waals surface area contributed by atoms with E-state index >= 15 is 0 Å². The molecule has 0 unspecified atom stereocenters. The molecule has 148 valence electrons. The number of amides is 2. The predicted octanol–water partition coefficient (Wildman–Crippen LogP) is 1.09.